The van der Waals surface area contributed by atoms with Crippen LogP contribution < -0.4 is 23.8 Å². The topological polar surface area (TPSA) is 94.2 Å². The van der Waals surface area contributed by atoms with Crippen LogP contribution in [-0.2, 0) is 14.8 Å². The Labute approximate surface area is 211 Å². The van der Waals surface area contributed by atoms with Crippen molar-refractivity contribution in [1.82, 2.24) is 0 Å². The van der Waals surface area contributed by atoms with E-state index in [0.717, 1.165) is 22.9 Å². The van der Waals surface area contributed by atoms with Crippen LogP contribution in [0.2, 0.25) is 0 Å². The van der Waals surface area contributed by atoms with Crippen molar-refractivity contribution in [3.63, 3.8) is 0 Å². The first-order valence-electron chi connectivity index (χ1n) is 11.8. The van der Waals surface area contributed by atoms with E-state index in [9.17, 15) is 13.2 Å². The molecule has 3 aromatic rings. The van der Waals surface area contributed by atoms with E-state index in [1.54, 1.807) is 54.6 Å². The monoisotopic (exact) mass is 510 g/mol. The highest BCUT2D eigenvalue weighted by Gasteiger charge is 2.28. The van der Waals surface area contributed by atoms with Gasteiger partial charge in [-0.05, 0) is 74.2 Å². The van der Waals surface area contributed by atoms with Gasteiger partial charge in [-0.1, -0.05) is 18.2 Å². The van der Waals surface area contributed by atoms with Gasteiger partial charge in [0.05, 0.1) is 30.9 Å². The first-order valence-corrected chi connectivity index (χ1v) is 13.2. The lowest BCUT2D eigenvalue weighted by Crippen LogP contribution is -2.38. The average Bonchev–Trinajstić information content (AvgIpc) is 3.41. The zero-order chi connectivity index (χ0) is 25.5. The summed E-state index contributed by atoms with van der Waals surface area (Å²) in [4.78, 5) is 13.1. The third-order valence-electron chi connectivity index (χ3n) is 6.02. The van der Waals surface area contributed by atoms with Gasteiger partial charge in [-0.25, -0.2) is 8.42 Å². The number of sulfonamides is 1. The Morgan fingerprint density at radius 2 is 1.58 bits per heavy atom. The number of amides is 1. The molecule has 0 spiro atoms. The van der Waals surface area contributed by atoms with Gasteiger partial charge in [-0.15, -0.1) is 0 Å². The minimum absolute atomic E-state index is 0.0704. The second kappa shape index (κ2) is 11.3. The molecule has 190 valence electrons. The van der Waals surface area contributed by atoms with Gasteiger partial charge in [0, 0.05) is 11.8 Å². The van der Waals surface area contributed by atoms with Gasteiger partial charge < -0.3 is 19.5 Å². The van der Waals surface area contributed by atoms with E-state index in [1.807, 2.05) is 0 Å². The van der Waals surface area contributed by atoms with E-state index < -0.39 is 22.5 Å². The molecule has 9 heteroatoms. The molecule has 1 aliphatic rings. The highest BCUT2D eigenvalue weighted by atomic mass is 32.2. The lowest BCUT2D eigenvalue weighted by Gasteiger charge is -2.25. The number of carbonyl (C=O) groups is 1. The number of benzene rings is 3. The van der Waals surface area contributed by atoms with Crippen molar-refractivity contribution in [2.75, 3.05) is 30.4 Å². The third-order valence-corrected chi connectivity index (χ3v) is 7.80. The van der Waals surface area contributed by atoms with Crippen molar-refractivity contribution in [1.29, 1.82) is 0 Å². The van der Waals surface area contributed by atoms with E-state index in [1.165, 1.54) is 45.3 Å². The molecule has 1 N–H and O–H groups in total. The molecule has 0 heterocycles. The molecule has 3 aromatic carbocycles. The fourth-order valence-corrected chi connectivity index (χ4v) is 5.60. The van der Waals surface area contributed by atoms with E-state index in [4.69, 9.17) is 14.2 Å². The Balaban J connectivity index is 1.55. The highest BCUT2D eigenvalue weighted by Crippen LogP contribution is 2.34. The van der Waals surface area contributed by atoms with Crippen molar-refractivity contribution in [2.45, 2.75) is 36.7 Å². The number of nitrogens with zero attached hydrogens (tertiary/aromatic N) is 1. The summed E-state index contributed by atoms with van der Waals surface area (Å²) < 4.78 is 44.7. The summed E-state index contributed by atoms with van der Waals surface area (Å²) >= 11 is 0. The predicted molar refractivity (Wildman–Crippen MR) is 138 cm³/mol. The third kappa shape index (κ3) is 5.91. The molecular formula is C27H30N2O6S. The summed E-state index contributed by atoms with van der Waals surface area (Å²) in [5.41, 5.74) is 0.815. The van der Waals surface area contributed by atoms with Crippen LogP contribution in [0.4, 0.5) is 11.4 Å². The molecular weight excluding hydrogens is 480 g/mol. The maximum absolute atomic E-state index is 13.5. The van der Waals surface area contributed by atoms with Crippen molar-refractivity contribution >= 4 is 27.3 Å². The summed E-state index contributed by atoms with van der Waals surface area (Å²) in [5, 5.41) is 2.78. The fraction of sp³-hybridized carbons (Fsp3) is 0.296. The van der Waals surface area contributed by atoms with Crippen molar-refractivity contribution in [3.05, 3.63) is 72.8 Å². The summed E-state index contributed by atoms with van der Waals surface area (Å²) in [5.74, 6) is 1.05. The quantitative estimate of drug-likeness (QED) is 0.419. The van der Waals surface area contributed by atoms with Crippen LogP contribution in [0.25, 0.3) is 0 Å². The van der Waals surface area contributed by atoms with Gasteiger partial charge in [0.1, 0.15) is 12.3 Å². The van der Waals surface area contributed by atoms with Crippen LogP contribution in [0, 0.1) is 0 Å². The van der Waals surface area contributed by atoms with Gasteiger partial charge in [0.25, 0.3) is 10.0 Å². The first kappa shape index (κ1) is 25.4. The van der Waals surface area contributed by atoms with Crippen LogP contribution in [0.5, 0.6) is 17.2 Å². The molecule has 1 aliphatic carbocycles. The number of hydrogen-bond acceptors (Lipinski definition) is 6. The van der Waals surface area contributed by atoms with Crippen molar-refractivity contribution in [3.8, 4) is 17.2 Å². The van der Waals surface area contributed by atoms with Gasteiger partial charge in [0.2, 0.25) is 5.91 Å². The van der Waals surface area contributed by atoms with Gasteiger partial charge in [-0.2, -0.15) is 0 Å². The average molecular weight is 511 g/mol. The predicted octanol–water partition coefficient (Wildman–Crippen LogP) is 4.86. The number of carbonyl (C=O) groups excluding carboxylic acids is 1. The van der Waals surface area contributed by atoms with E-state index in [0.29, 0.717) is 17.2 Å². The summed E-state index contributed by atoms with van der Waals surface area (Å²) in [7, 11) is -1.09. The SMILES string of the molecule is COc1ccc(N(CC(=O)Nc2ccc(OC3CCCC3)cc2)S(=O)(=O)c2ccccc2)cc1OC. The number of methoxy groups -OCH3 is 2. The Morgan fingerprint density at radius 3 is 2.22 bits per heavy atom. The molecule has 0 radical (unpaired) electrons. The molecule has 0 bridgehead atoms. The second-order valence-corrected chi connectivity index (χ2v) is 10.3. The molecule has 8 nitrogen and oxygen atoms in total. The van der Waals surface area contributed by atoms with E-state index in [-0.39, 0.29) is 16.7 Å². The van der Waals surface area contributed by atoms with Crippen LogP contribution in [0.1, 0.15) is 25.7 Å². The summed E-state index contributed by atoms with van der Waals surface area (Å²) in [6.07, 6.45) is 4.71. The molecule has 36 heavy (non-hydrogen) atoms. The molecule has 0 unspecified atom stereocenters. The standard InChI is InChI=1S/C27H30N2O6S/c1-33-25-17-14-21(18-26(25)34-2)29(36(31,32)24-10-4-3-5-11-24)19-27(30)28-20-12-15-23(16-13-20)35-22-8-6-7-9-22/h3-5,10-18,22H,6-9,19H2,1-2H3,(H,28,30). The Kier molecular flexibility index (Phi) is 8.00. The highest BCUT2D eigenvalue weighted by molar-refractivity contribution is 7.92. The number of ether oxygens (including phenoxy) is 3. The molecule has 1 saturated carbocycles. The van der Waals surface area contributed by atoms with Gasteiger partial charge in [-0.3, -0.25) is 9.10 Å². The first-order chi connectivity index (χ1) is 17.4. The molecule has 0 saturated heterocycles. The Hall–Kier alpha value is -3.72. The molecule has 1 fully saturated rings. The summed E-state index contributed by atoms with van der Waals surface area (Å²) in [6.45, 7) is -0.437. The molecule has 0 aromatic heterocycles. The van der Waals surface area contributed by atoms with Crippen molar-refractivity contribution < 1.29 is 27.4 Å². The largest absolute Gasteiger partial charge is 0.493 e. The van der Waals surface area contributed by atoms with Gasteiger partial charge >= 0.3 is 0 Å². The second-order valence-electron chi connectivity index (χ2n) is 8.46. The molecule has 0 atom stereocenters. The minimum Gasteiger partial charge on any atom is -0.493 e. The van der Waals surface area contributed by atoms with E-state index >= 15 is 0 Å². The number of nitrogens with one attached hydrogen (secondary N) is 1. The van der Waals surface area contributed by atoms with Crippen LogP contribution in [-0.4, -0.2) is 41.2 Å². The Morgan fingerprint density at radius 1 is 0.917 bits per heavy atom. The number of hydrogen-bond donors (Lipinski definition) is 1. The smallest absolute Gasteiger partial charge is 0.264 e. The maximum atomic E-state index is 13.5. The zero-order valence-corrected chi connectivity index (χ0v) is 21.2. The molecule has 0 aliphatic heterocycles. The molecule has 4 rings (SSSR count). The number of rotatable bonds is 10. The lowest BCUT2D eigenvalue weighted by atomic mass is 10.2. The zero-order valence-electron chi connectivity index (χ0n) is 20.3. The fourth-order valence-electron chi connectivity index (χ4n) is 4.16. The van der Waals surface area contributed by atoms with Crippen LogP contribution in [0.3, 0.4) is 0 Å². The van der Waals surface area contributed by atoms with Gasteiger partial charge in [0.15, 0.2) is 11.5 Å². The maximum Gasteiger partial charge on any atom is 0.264 e. The van der Waals surface area contributed by atoms with E-state index in [2.05, 4.69) is 5.32 Å². The number of anilines is 2. The summed E-state index contributed by atoms with van der Waals surface area (Å²) in [6, 6.07) is 19.8. The Bertz CT molecular complexity index is 1270. The van der Waals surface area contributed by atoms with Crippen LogP contribution in [0.15, 0.2) is 77.7 Å². The van der Waals surface area contributed by atoms with Crippen LogP contribution >= 0.6 is 0 Å². The van der Waals surface area contributed by atoms with Crippen molar-refractivity contribution in [2.24, 2.45) is 0 Å². The normalized spacial score (nSPS) is 13.7. The lowest BCUT2D eigenvalue weighted by molar-refractivity contribution is -0.114. The minimum atomic E-state index is -4.05. The molecule has 1 amide bonds.